The molecular formula is C16H24N2O2. The minimum atomic E-state index is -0.331. The van der Waals surface area contributed by atoms with Gasteiger partial charge in [0.15, 0.2) is 0 Å². The van der Waals surface area contributed by atoms with Crippen LogP contribution in [0.15, 0.2) is 18.2 Å². The maximum Gasteiger partial charge on any atom is 0.271 e. The number of hydrogen-bond acceptors (Lipinski definition) is 3. The van der Waals surface area contributed by atoms with Crippen molar-refractivity contribution < 1.29 is 4.92 Å². The molecule has 0 bridgehead atoms. The van der Waals surface area contributed by atoms with Crippen LogP contribution in [0.25, 0.3) is 0 Å². The summed E-state index contributed by atoms with van der Waals surface area (Å²) in [6, 6.07) is 5.49. The molecule has 110 valence electrons. The van der Waals surface area contributed by atoms with Crippen molar-refractivity contribution >= 4 is 11.4 Å². The van der Waals surface area contributed by atoms with Crippen molar-refractivity contribution in [2.45, 2.75) is 52.5 Å². The standard InChI is InChI=1S/C16H24N2O2/c1-11(2)13-5-4-6-14(9-13)17-16-10-15(18(19)20)8-7-12(16)3/h7-8,10-11,13-14,17H,4-6,9H2,1-3H3. The van der Waals surface area contributed by atoms with Crippen molar-refractivity contribution in [2.24, 2.45) is 11.8 Å². The Morgan fingerprint density at radius 2 is 2.10 bits per heavy atom. The molecule has 1 aromatic rings. The number of benzene rings is 1. The molecule has 2 rings (SSSR count). The Bertz CT molecular complexity index is 485. The summed E-state index contributed by atoms with van der Waals surface area (Å²) in [5, 5.41) is 14.4. The lowest BCUT2D eigenvalue weighted by molar-refractivity contribution is -0.384. The van der Waals surface area contributed by atoms with Gasteiger partial charge in [0.1, 0.15) is 0 Å². The number of hydrogen-bond donors (Lipinski definition) is 1. The highest BCUT2D eigenvalue weighted by Gasteiger charge is 2.24. The van der Waals surface area contributed by atoms with E-state index in [1.807, 2.05) is 13.0 Å². The summed E-state index contributed by atoms with van der Waals surface area (Å²) in [4.78, 5) is 10.5. The van der Waals surface area contributed by atoms with Crippen molar-refractivity contribution in [3.05, 3.63) is 33.9 Å². The predicted molar refractivity (Wildman–Crippen MR) is 82.0 cm³/mol. The molecule has 4 heteroatoms. The molecule has 1 saturated carbocycles. The second-order valence-electron chi connectivity index (χ2n) is 6.27. The van der Waals surface area contributed by atoms with E-state index in [0.717, 1.165) is 23.6 Å². The van der Waals surface area contributed by atoms with E-state index in [2.05, 4.69) is 19.2 Å². The fourth-order valence-corrected chi connectivity index (χ4v) is 3.06. The Hall–Kier alpha value is -1.58. The number of nitrogens with one attached hydrogen (secondary N) is 1. The number of nitro groups is 1. The van der Waals surface area contributed by atoms with Crippen molar-refractivity contribution in [2.75, 3.05) is 5.32 Å². The molecule has 2 unspecified atom stereocenters. The lowest BCUT2D eigenvalue weighted by atomic mass is 9.79. The van der Waals surface area contributed by atoms with Gasteiger partial charge in [0.2, 0.25) is 0 Å². The summed E-state index contributed by atoms with van der Waals surface area (Å²) >= 11 is 0. The highest BCUT2D eigenvalue weighted by atomic mass is 16.6. The first kappa shape index (κ1) is 14.8. The molecule has 0 amide bonds. The van der Waals surface area contributed by atoms with Gasteiger partial charge in [-0.1, -0.05) is 32.8 Å². The predicted octanol–water partition coefficient (Wildman–Crippen LogP) is 4.53. The van der Waals surface area contributed by atoms with Crippen LogP contribution >= 0.6 is 0 Å². The summed E-state index contributed by atoms with van der Waals surface area (Å²) in [6.07, 6.45) is 4.88. The largest absolute Gasteiger partial charge is 0.382 e. The summed E-state index contributed by atoms with van der Waals surface area (Å²) in [7, 11) is 0. The van der Waals surface area contributed by atoms with Gasteiger partial charge in [-0.15, -0.1) is 0 Å². The monoisotopic (exact) mass is 276 g/mol. The van der Waals surface area contributed by atoms with Crippen molar-refractivity contribution in [3.63, 3.8) is 0 Å². The van der Waals surface area contributed by atoms with Gasteiger partial charge in [0.25, 0.3) is 5.69 Å². The minimum absolute atomic E-state index is 0.161. The molecule has 2 atom stereocenters. The van der Waals surface area contributed by atoms with Gasteiger partial charge in [-0.25, -0.2) is 0 Å². The Morgan fingerprint density at radius 3 is 2.75 bits per heavy atom. The topological polar surface area (TPSA) is 55.2 Å². The van der Waals surface area contributed by atoms with Crippen LogP contribution in [-0.4, -0.2) is 11.0 Å². The zero-order valence-electron chi connectivity index (χ0n) is 12.6. The van der Waals surface area contributed by atoms with Gasteiger partial charge in [0, 0.05) is 23.9 Å². The fourth-order valence-electron chi connectivity index (χ4n) is 3.06. The molecule has 1 N–H and O–H groups in total. The number of anilines is 1. The summed E-state index contributed by atoms with van der Waals surface area (Å²) in [5.41, 5.74) is 2.14. The van der Waals surface area contributed by atoms with Crippen LogP contribution < -0.4 is 5.32 Å². The smallest absolute Gasteiger partial charge is 0.271 e. The van der Waals surface area contributed by atoms with Crippen molar-refractivity contribution in [3.8, 4) is 0 Å². The maximum absolute atomic E-state index is 10.9. The maximum atomic E-state index is 10.9. The zero-order valence-corrected chi connectivity index (χ0v) is 12.6. The molecule has 1 fully saturated rings. The average molecular weight is 276 g/mol. The Morgan fingerprint density at radius 1 is 1.35 bits per heavy atom. The number of aryl methyl sites for hydroxylation is 1. The van der Waals surface area contributed by atoms with Crippen molar-refractivity contribution in [1.29, 1.82) is 0 Å². The molecule has 1 aliphatic carbocycles. The third-order valence-electron chi connectivity index (χ3n) is 4.45. The van der Waals surface area contributed by atoms with Crippen LogP contribution in [0.5, 0.6) is 0 Å². The van der Waals surface area contributed by atoms with Crippen LogP contribution in [0.1, 0.15) is 45.1 Å². The van der Waals surface area contributed by atoms with E-state index in [1.165, 1.54) is 19.3 Å². The molecule has 0 aromatic heterocycles. The van der Waals surface area contributed by atoms with Gasteiger partial charge in [-0.3, -0.25) is 10.1 Å². The number of non-ortho nitro benzene ring substituents is 1. The summed E-state index contributed by atoms with van der Waals surface area (Å²) in [5.74, 6) is 1.48. The lowest BCUT2D eigenvalue weighted by Gasteiger charge is -2.33. The molecular weight excluding hydrogens is 252 g/mol. The minimum Gasteiger partial charge on any atom is -0.382 e. The van der Waals surface area contributed by atoms with Crippen LogP contribution in [-0.2, 0) is 0 Å². The van der Waals surface area contributed by atoms with Gasteiger partial charge in [0.05, 0.1) is 4.92 Å². The molecule has 0 aliphatic heterocycles. The Balaban J connectivity index is 2.09. The molecule has 0 spiro atoms. The van der Waals surface area contributed by atoms with E-state index >= 15 is 0 Å². The number of nitrogens with zero attached hydrogens (tertiary/aromatic N) is 1. The van der Waals surface area contributed by atoms with Gasteiger partial charge in [-0.05, 0) is 37.2 Å². The normalized spacial score (nSPS) is 22.8. The molecule has 0 saturated heterocycles. The second kappa shape index (κ2) is 6.25. The van der Waals surface area contributed by atoms with Crippen LogP contribution in [0, 0.1) is 28.9 Å². The number of rotatable bonds is 4. The van der Waals surface area contributed by atoms with Crippen molar-refractivity contribution in [1.82, 2.24) is 0 Å². The third-order valence-corrected chi connectivity index (χ3v) is 4.45. The molecule has 4 nitrogen and oxygen atoms in total. The van der Waals surface area contributed by atoms with Gasteiger partial charge >= 0.3 is 0 Å². The zero-order chi connectivity index (χ0) is 14.7. The van der Waals surface area contributed by atoms with Crippen LogP contribution in [0.2, 0.25) is 0 Å². The quantitative estimate of drug-likeness (QED) is 0.649. The van der Waals surface area contributed by atoms with E-state index in [4.69, 9.17) is 0 Å². The average Bonchev–Trinajstić information content (AvgIpc) is 2.41. The van der Waals surface area contributed by atoms with E-state index in [0.29, 0.717) is 12.0 Å². The second-order valence-corrected chi connectivity index (χ2v) is 6.27. The first-order valence-electron chi connectivity index (χ1n) is 7.49. The molecule has 0 radical (unpaired) electrons. The van der Waals surface area contributed by atoms with E-state index in [1.54, 1.807) is 12.1 Å². The van der Waals surface area contributed by atoms with E-state index in [9.17, 15) is 10.1 Å². The van der Waals surface area contributed by atoms with Crippen LogP contribution in [0.4, 0.5) is 11.4 Å². The Kier molecular flexibility index (Phi) is 4.63. The first-order valence-corrected chi connectivity index (χ1v) is 7.49. The lowest BCUT2D eigenvalue weighted by Crippen LogP contribution is -2.29. The highest BCUT2D eigenvalue weighted by Crippen LogP contribution is 2.32. The Labute approximate surface area is 120 Å². The highest BCUT2D eigenvalue weighted by molar-refractivity contribution is 5.57. The summed E-state index contributed by atoms with van der Waals surface area (Å²) < 4.78 is 0. The van der Waals surface area contributed by atoms with Gasteiger partial charge < -0.3 is 5.32 Å². The first-order chi connectivity index (χ1) is 9.47. The molecule has 0 heterocycles. The summed E-state index contributed by atoms with van der Waals surface area (Å²) in [6.45, 7) is 6.56. The SMILES string of the molecule is Cc1ccc([N+](=O)[O-])cc1NC1CCCC(C(C)C)C1. The third kappa shape index (κ3) is 3.50. The molecule has 20 heavy (non-hydrogen) atoms. The van der Waals surface area contributed by atoms with Gasteiger partial charge in [-0.2, -0.15) is 0 Å². The molecule has 1 aromatic carbocycles. The van der Waals surface area contributed by atoms with E-state index in [-0.39, 0.29) is 10.6 Å². The van der Waals surface area contributed by atoms with E-state index < -0.39 is 0 Å². The molecule has 1 aliphatic rings. The van der Waals surface area contributed by atoms with Crippen LogP contribution in [0.3, 0.4) is 0 Å². The number of nitro benzene ring substituents is 1. The fraction of sp³-hybridized carbons (Fsp3) is 0.625.